The van der Waals surface area contributed by atoms with Crippen LogP contribution in [0.15, 0.2) is 24.3 Å². The highest BCUT2D eigenvalue weighted by Gasteiger charge is 2.35. The van der Waals surface area contributed by atoms with Crippen LogP contribution in [0.3, 0.4) is 0 Å². The Balaban J connectivity index is 1.66. The molecule has 3 rings (SSSR count). The molecule has 1 aromatic rings. The molecule has 0 aromatic heterocycles. The zero-order valence-corrected chi connectivity index (χ0v) is 16.7. The fourth-order valence-electron chi connectivity index (χ4n) is 3.60. The van der Waals surface area contributed by atoms with Crippen LogP contribution in [0.1, 0.15) is 31.7 Å². The molecule has 2 saturated heterocycles. The molecule has 0 radical (unpaired) electrons. The minimum Gasteiger partial charge on any atom is -0.341 e. The van der Waals surface area contributed by atoms with Gasteiger partial charge >= 0.3 is 0 Å². The van der Waals surface area contributed by atoms with Crippen LogP contribution in [-0.4, -0.2) is 60.6 Å². The Hall–Kier alpha value is -1.15. The molecule has 2 aliphatic rings. The minimum absolute atomic E-state index is 0.0633. The van der Waals surface area contributed by atoms with Crippen LogP contribution in [0.25, 0.3) is 0 Å². The summed E-state index contributed by atoms with van der Waals surface area (Å²) in [7, 11) is -3.63. The van der Waals surface area contributed by atoms with E-state index in [1.54, 1.807) is 12.1 Å². The van der Waals surface area contributed by atoms with Crippen molar-refractivity contribution < 1.29 is 13.2 Å². The van der Waals surface area contributed by atoms with E-state index in [-0.39, 0.29) is 12.5 Å². The van der Waals surface area contributed by atoms with Crippen LogP contribution >= 0.6 is 11.6 Å². The molecule has 1 aromatic carbocycles. The average molecular weight is 400 g/mol. The Kier molecular flexibility index (Phi) is 6.22. The number of halogens is 1. The molecule has 1 atom stereocenters. The van der Waals surface area contributed by atoms with Crippen LogP contribution < -0.4 is 0 Å². The van der Waals surface area contributed by atoms with Crippen molar-refractivity contribution in [2.45, 2.75) is 32.7 Å². The molecule has 0 spiro atoms. The van der Waals surface area contributed by atoms with Gasteiger partial charge < -0.3 is 4.90 Å². The summed E-state index contributed by atoms with van der Waals surface area (Å²) in [4.78, 5) is 14.4. The number of benzene rings is 1. The van der Waals surface area contributed by atoms with E-state index in [9.17, 15) is 13.2 Å². The van der Waals surface area contributed by atoms with Crippen molar-refractivity contribution in [2.24, 2.45) is 5.92 Å². The topological polar surface area (TPSA) is 60.9 Å². The number of rotatable bonds is 4. The molecule has 0 bridgehead atoms. The van der Waals surface area contributed by atoms with Crippen LogP contribution in [-0.2, 0) is 21.5 Å². The number of hydrogen-bond donors (Lipinski definition) is 0. The number of carbonyl (C=O) groups excluding carboxylic acids is 1. The van der Waals surface area contributed by atoms with E-state index < -0.39 is 10.2 Å². The lowest BCUT2D eigenvalue weighted by Gasteiger charge is -2.36. The standard InChI is InChI=1S/C18H26ClN3O3S/c1-15-4-2-9-20(12-15)18(23)14-22-11-3-10-21(26(22,24)25)13-16-5-7-17(19)8-6-16/h5-8,15H,2-4,9-14H2,1H3. The maximum Gasteiger partial charge on any atom is 0.282 e. The molecular weight excluding hydrogens is 374 g/mol. The summed E-state index contributed by atoms with van der Waals surface area (Å²) in [5, 5.41) is 0.623. The molecule has 1 unspecified atom stereocenters. The second kappa shape index (κ2) is 8.25. The van der Waals surface area contributed by atoms with Gasteiger partial charge in [-0.25, -0.2) is 0 Å². The SMILES string of the molecule is CC1CCCN(C(=O)CN2CCCN(Cc3ccc(Cl)cc3)S2(=O)=O)C1. The molecule has 26 heavy (non-hydrogen) atoms. The summed E-state index contributed by atoms with van der Waals surface area (Å²) < 4.78 is 28.6. The van der Waals surface area contributed by atoms with E-state index in [1.165, 1.54) is 8.61 Å². The fraction of sp³-hybridized carbons (Fsp3) is 0.611. The highest BCUT2D eigenvalue weighted by Crippen LogP contribution is 2.21. The second-order valence-electron chi connectivity index (χ2n) is 7.24. The van der Waals surface area contributed by atoms with E-state index in [0.717, 1.165) is 37.9 Å². The van der Waals surface area contributed by atoms with E-state index in [4.69, 9.17) is 11.6 Å². The van der Waals surface area contributed by atoms with Gasteiger partial charge in [-0.2, -0.15) is 17.0 Å². The van der Waals surface area contributed by atoms with Crippen molar-refractivity contribution in [3.05, 3.63) is 34.9 Å². The van der Waals surface area contributed by atoms with Gasteiger partial charge in [0.2, 0.25) is 5.91 Å². The molecule has 6 nitrogen and oxygen atoms in total. The molecule has 0 aliphatic carbocycles. The fourth-order valence-corrected chi connectivity index (χ4v) is 5.36. The number of nitrogens with zero attached hydrogens (tertiary/aromatic N) is 3. The maximum absolute atomic E-state index is 12.9. The lowest BCUT2D eigenvalue weighted by Crippen LogP contribution is -2.53. The molecular formula is C18H26ClN3O3S. The van der Waals surface area contributed by atoms with E-state index >= 15 is 0 Å². The van der Waals surface area contributed by atoms with Gasteiger partial charge in [0, 0.05) is 37.7 Å². The maximum atomic E-state index is 12.9. The Morgan fingerprint density at radius 1 is 1.12 bits per heavy atom. The lowest BCUT2D eigenvalue weighted by atomic mass is 10.0. The number of likely N-dealkylation sites (tertiary alicyclic amines) is 1. The highest BCUT2D eigenvalue weighted by atomic mass is 35.5. The van der Waals surface area contributed by atoms with Crippen LogP contribution in [0.5, 0.6) is 0 Å². The van der Waals surface area contributed by atoms with Gasteiger partial charge in [-0.1, -0.05) is 30.7 Å². The summed E-state index contributed by atoms with van der Waals surface area (Å²) in [6.45, 7) is 4.68. The summed E-state index contributed by atoms with van der Waals surface area (Å²) in [6, 6.07) is 7.17. The number of piperidine rings is 1. The molecule has 144 valence electrons. The highest BCUT2D eigenvalue weighted by molar-refractivity contribution is 7.86. The second-order valence-corrected chi connectivity index (χ2v) is 9.61. The molecule has 2 heterocycles. The normalized spacial score (nSPS) is 24.5. The Labute approximate surface area is 160 Å². The summed E-state index contributed by atoms with van der Waals surface area (Å²) >= 11 is 5.89. The Morgan fingerprint density at radius 2 is 1.81 bits per heavy atom. The minimum atomic E-state index is -3.63. The van der Waals surface area contributed by atoms with Crippen molar-refractivity contribution in [3.63, 3.8) is 0 Å². The van der Waals surface area contributed by atoms with Crippen molar-refractivity contribution in [3.8, 4) is 0 Å². The number of hydrogen-bond acceptors (Lipinski definition) is 3. The molecule has 1 amide bonds. The first-order chi connectivity index (χ1) is 12.4. The third kappa shape index (κ3) is 4.57. The summed E-state index contributed by atoms with van der Waals surface area (Å²) in [5.74, 6) is 0.389. The van der Waals surface area contributed by atoms with Crippen molar-refractivity contribution >= 4 is 27.7 Å². The van der Waals surface area contributed by atoms with Crippen molar-refractivity contribution in [2.75, 3.05) is 32.7 Å². The molecule has 2 fully saturated rings. The van der Waals surface area contributed by atoms with Gasteiger partial charge in [0.1, 0.15) is 0 Å². The molecule has 0 saturated carbocycles. The van der Waals surface area contributed by atoms with E-state index in [2.05, 4.69) is 6.92 Å². The smallest absolute Gasteiger partial charge is 0.282 e. The third-order valence-electron chi connectivity index (χ3n) is 5.06. The first kappa shape index (κ1) is 19.6. The predicted octanol–water partition coefficient (Wildman–Crippen LogP) is 2.35. The quantitative estimate of drug-likeness (QED) is 0.780. The van der Waals surface area contributed by atoms with Crippen molar-refractivity contribution in [1.29, 1.82) is 0 Å². The van der Waals surface area contributed by atoms with Gasteiger partial charge in [0.25, 0.3) is 10.2 Å². The average Bonchev–Trinajstić information content (AvgIpc) is 2.60. The Morgan fingerprint density at radius 3 is 2.50 bits per heavy atom. The third-order valence-corrected chi connectivity index (χ3v) is 7.24. The summed E-state index contributed by atoms with van der Waals surface area (Å²) in [6.07, 6.45) is 2.83. The van der Waals surface area contributed by atoms with E-state index in [0.29, 0.717) is 30.6 Å². The van der Waals surface area contributed by atoms with E-state index in [1.807, 2.05) is 17.0 Å². The number of carbonyl (C=O) groups is 1. The largest absolute Gasteiger partial charge is 0.341 e. The predicted molar refractivity (Wildman–Crippen MR) is 102 cm³/mol. The monoisotopic (exact) mass is 399 g/mol. The van der Waals surface area contributed by atoms with Gasteiger partial charge in [0.05, 0.1) is 6.54 Å². The molecule has 0 N–H and O–H groups in total. The zero-order chi connectivity index (χ0) is 18.7. The van der Waals surface area contributed by atoms with Gasteiger partial charge in [-0.15, -0.1) is 0 Å². The van der Waals surface area contributed by atoms with Crippen LogP contribution in [0.2, 0.25) is 5.02 Å². The summed E-state index contributed by atoms with van der Waals surface area (Å²) in [5.41, 5.74) is 0.885. The zero-order valence-electron chi connectivity index (χ0n) is 15.1. The molecule has 2 aliphatic heterocycles. The first-order valence-corrected chi connectivity index (χ1v) is 10.9. The van der Waals surface area contributed by atoms with Crippen LogP contribution in [0, 0.1) is 5.92 Å². The molecule has 8 heteroatoms. The van der Waals surface area contributed by atoms with Gasteiger partial charge in [-0.05, 0) is 42.9 Å². The van der Waals surface area contributed by atoms with Crippen molar-refractivity contribution in [1.82, 2.24) is 13.5 Å². The van der Waals surface area contributed by atoms with Gasteiger partial charge in [-0.3, -0.25) is 4.79 Å². The Bertz CT molecular complexity index is 739. The lowest BCUT2D eigenvalue weighted by molar-refractivity contribution is -0.133. The van der Waals surface area contributed by atoms with Crippen LogP contribution in [0.4, 0.5) is 0 Å². The first-order valence-electron chi connectivity index (χ1n) is 9.13. The number of amides is 1. The van der Waals surface area contributed by atoms with Gasteiger partial charge in [0.15, 0.2) is 0 Å².